The lowest BCUT2D eigenvalue weighted by Gasteiger charge is -2.33. The molecule has 2 rings (SSSR count). The van der Waals surface area contributed by atoms with E-state index in [1.165, 1.54) is 51.4 Å². The van der Waals surface area contributed by atoms with E-state index in [9.17, 15) is 0 Å². The first-order chi connectivity index (χ1) is 9.31. The Morgan fingerprint density at radius 3 is 1.21 bits per heavy atom. The van der Waals surface area contributed by atoms with Crippen LogP contribution in [0.25, 0.3) is 0 Å². The Kier molecular flexibility index (Phi) is 7.32. The average molecular weight is 315 g/mol. The molecular weight excluding hydrogens is 288 g/mol. The molecule has 0 radical (unpaired) electrons. The Labute approximate surface area is 131 Å². The second kappa shape index (κ2) is 8.74. The van der Waals surface area contributed by atoms with Crippen molar-refractivity contribution in [2.75, 3.05) is 0 Å². The van der Waals surface area contributed by atoms with Crippen molar-refractivity contribution < 1.29 is 0 Å². The van der Waals surface area contributed by atoms with Gasteiger partial charge in [-0.25, -0.2) is 0 Å². The molecule has 19 heavy (non-hydrogen) atoms. The number of thioether (sulfide) groups is 3. The van der Waals surface area contributed by atoms with Crippen LogP contribution < -0.4 is 0 Å². The van der Waals surface area contributed by atoms with Gasteiger partial charge in [0.1, 0.15) is 0 Å². The average Bonchev–Trinajstić information content (AvgIpc) is 2.44. The SMILES string of the molecule is C=CSC1CCC(SC2CCC(SC=C)CC2)CC1. The number of hydrogen-bond donors (Lipinski definition) is 0. The van der Waals surface area contributed by atoms with Gasteiger partial charge in [-0.3, -0.25) is 0 Å². The van der Waals surface area contributed by atoms with E-state index in [-0.39, 0.29) is 0 Å². The number of rotatable bonds is 6. The highest BCUT2D eigenvalue weighted by Gasteiger charge is 2.27. The lowest BCUT2D eigenvalue weighted by molar-refractivity contribution is 0.507. The Balaban J connectivity index is 1.64. The molecule has 0 aromatic heterocycles. The lowest BCUT2D eigenvalue weighted by atomic mass is 9.99. The van der Waals surface area contributed by atoms with E-state index < -0.39 is 0 Å². The van der Waals surface area contributed by atoms with E-state index in [0.717, 1.165) is 21.0 Å². The summed E-state index contributed by atoms with van der Waals surface area (Å²) in [5, 5.41) is 7.64. The molecule has 0 spiro atoms. The zero-order chi connectivity index (χ0) is 13.5. The molecule has 0 atom stereocenters. The van der Waals surface area contributed by atoms with Crippen molar-refractivity contribution in [3.8, 4) is 0 Å². The molecule has 0 amide bonds. The monoisotopic (exact) mass is 314 g/mol. The van der Waals surface area contributed by atoms with Gasteiger partial charge in [-0.2, -0.15) is 11.8 Å². The summed E-state index contributed by atoms with van der Waals surface area (Å²) in [6, 6.07) is 0. The largest absolute Gasteiger partial charge is 0.155 e. The third-order valence-corrected chi connectivity index (χ3v) is 8.01. The van der Waals surface area contributed by atoms with Gasteiger partial charge in [0.05, 0.1) is 0 Å². The molecule has 2 aliphatic carbocycles. The summed E-state index contributed by atoms with van der Waals surface area (Å²) >= 11 is 6.21. The summed E-state index contributed by atoms with van der Waals surface area (Å²) in [4.78, 5) is 0. The van der Waals surface area contributed by atoms with Crippen LogP contribution in [0.15, 0.2) is 24.0 Å². The molecule has 0 unspecified atom stereocenters. The molecule has 108 valence electrons. The van der Waals surface area contributed by atoms with Crippen molar-refractivity contribution in [3.63, 3.8) is 0 Å². The smallest absolute Gasteiger partial charge is 0.00890 e. The van der Waals surface area contributed by atoms with Crippen LogP contribution in [0.5, 0.6) is 0 Å². The third-order valence-electron chi connectivity index (χ3n) is 4.20. The highest BCUT2D eigenvalue weighted by Crippen LogP contribution is 2.41. The Hall–Kier alpha value is 0.530. The predicted molar refractivity (Wildman–Crippen MR) is 95.3 cm³/mol. The highest BCUT2D eigenvalue weighted by molar-refractivity contribution is 8.03. The van der Waals surface area contributed by atoms with Gasteiger partial charge in [-0.1, -0.05) is 13.2 Å². The van der Waals surface area contributed by atoms with Crippen LogP contribution in [0, 0.1) is 0 Å². The van der Waals surface area contributed by atoms with E-state index in [1.807, 2.05) is 34.3 Å². The van der Waals surface area contributed by atoms with Gasteiger partial charge in [-0.15, -0.1) is 23.5 Å². The van der Waals surface area contributed by atoms with E-state index in [1.54, 1.807) is 0 Å². The fourth-order valence-corrected chi connectivity index (χ4v) is 6.42. The van der Waals surface area contributed by atoms with Crippen LogP contribution in [0.3, 0.4) is 0 Å². The quantitative estimate of drug-likeness (QED) is 0.582. The van der Waals surface area contributed by atoms with Gasteiger partial charge in [0.25, 0.3) is 0 Å². The van der Waals surface area contributed by atoms with Crippen molar-refractivity contribution >= 4 is 35.3 Å². The Bertz CT molecular complexity index is 246. The molecule has 0 aromatic carbocycles. The molecule has 0 nitrogen and oxygen atoms in total. The molecule has 0 aromatic rings. The maximum atomic E-state index is 3.84. The Morgan fingerprint density at radius 2 is 0.895 bits per heavy atom. The van der Waals surface area contributed by atoms with E-state index in [4.69, 9.17) is 0 Å². The van der Waals surface area contributed by atoms with Gasteiger partial charge in [0.15, 0.2) is 0 Å². The van der Waals surface area contributed by atoms with Crippen LogP contribution >= 0.6 is 35.3 Å². The van der Waals surface area contributed by atoms with Crippen molar-refractivity contribution in [2.24, 2.45) is 0 Å². The van der Waals surface area contributed by atoms with Gasteiger partial charge < -0.3 is 0 Å². The molecule has 0 bridgehead atoms. The van der Waals surface area contributed by atoms with Crippen LogP contribution in [-0.4, -0.2) is 21.0 Å². The first-order valence-corrected chi connectivity index (χ1v) is 10.3. The zero-order valence-corrected chi connectivity index (χ0v) is 14.2. The molecule has 2 aliphatic rings. The fraction of sp³-hybridized carbons (Fsp3) is 0.750. The maximum Gasteiger partial charge on any atom is 0.00890 e. The van der Waals surface area contributed by atoms with Crippen LogP contribution in [0.1, 0.15) is 51.4 Å². The summed E-state index contributed by atoms with van der Waals surface area (Å²) in [6.45, 7) is 7.68. The van der Waals surface area contributed by atoms with Crippen molar-refractivity contribution in [1.29, 1.82) is 0 Å². The second-order valence-electron chi connectivity index (χ2n) is 5.54. The van der Waals surface area contributed by atoms with Gasteiger partial charge >= 0.3 is 0 Å². The molecule has 0 N–H and O–H groups in total. The first-order valence-electron chi connectivity index (χ1n) is 7.50. The minimum Gasteiger partial charge on any atom is -0.155 e. The second-order valence-corrected chi connectivity index (χ2v) is 9.69. The molecule has 0 aliphatic heterocycles. The standard InChI is InChI=1S/C16H26S3/c1-3-17-13-5-9-15(10-6-13)19-16-11-7-14(8-12-16)18-4-2/h3-4,13-16H,1-2,5-12H2. The van der Waals surface area contributed by atoms with Gasteiger partial charge in [0.2, 0.25) is 0 Å². The maximum absolute atomic E-state index is 3.84. The summed E-state index contributed by atoms with van der Waals surface area (Å²) in [7, 11) is 0. The minimum atomic E-state index is 0.856. The van der Waals surface area contributed by atoms with E-state index in [0.29, 0.717) is 0 Å². The summed E-state index contributed by atoms with van der Waals surface area (Å²) in [5.41, 5.74) is 0. The number of hydrogen-bond acceptors (Lipinski definition) is 3. The van der Waals surface area contributed by atoms with Crippen molar-refractivity contribution in [2.45, 2.75) is 72.4 Å². The molecule has 3 heteroatoms. The Morgan fingerprint density at radius 1 is 0.579 bits per heavy atom. The summed E-state index contributed by atoms with van der Waals surface area (Å²) in [5.74, 6) is 0. The lowest BCUT2D eigenvalue weighted by Crippen LogP contribution is -2.23. The molecular formula is C16H26S3. The minimum absolute atomic E-state index is 0.856. The summed E-state index contributed by atoms with van der Waals surface area (Å²) in [6.07, 6.45) is 11.3. The van der Waals surface area contributed by atoms with Crippen LogP contribution in [0.2, 0.25) is 0 Å². The molecule has 2 fully saturated rings. The van der Waals surface area contributed by atoms with Crippen LogP contribution in [-0.2, 0) is 0 Å². The molecule has 0 saturated heterocycles. The summed E-state index contributed by atoms with van der Waals surface area (Å²) < 4.78 is 0. The van der Waals surface area contributed by atoms with Crippen molar-refractivity contribution in [3.05, 3.63) is 24.0 Å². The topological polar surface area (TPSA) is 0 Å². The molecule has 2 saturated carbocycles. The zero-order valence-electron chi connectivity index (χ0n) is 11.8. The van der Waals surface area contributed by atoms with Crippen LogP contribution in [0.4, 0.5) is 0 Å². The van der Waals surface area contributed by atoms with E-state index >= 15 is 0 Å². The third kappa shape index (κ3) is 5.43. The molecule has 0 heterocycles. The van der Waals surface area contributed by atoms with Gasteiger partial charge in [0, 0.05) is 21.0 Å². The highest BCUT2D eigenvalue weighted by atomic mass is 32.2. The van der Waals surface area contributed by atoms with Gasteiger partial charge in [-0.05, 0) is 62.2 Å². The van der Waals surface area contributed by atoms with E-state index in [2.05, 4.69) is 24.9 Å². The first kappa shape index (κ1) is 15.9. The fourth-order valence-electron chi connectivity index (χ4n) is 3.15. The van der Waals surface area contributed by atoms with Crippen molar-refractivity contribution in [1.82, 2.24) is 0 Å². The predicted octanol–water partition coefficient (Wildman–Crippen LogP) is 6.10. The normalized spacial score (nSPS) is 35.8.